The zero-order valence-corrected chi connectivity index (χ0v) is 20.2. The van der Waals surface area contributed by atoms with Gasteiger partial charge in [-0.15, -0.1) is 12.4 Å². The molecule has 3 aromatic rings. The van der Waals surface area contributed by atoms with Gasteiger partial charge in [0.05, 0.1) is 6.42 Å². The lowest BCUT2D eigenvalue weighted by Crippen LogP contribution is -2.17. The molecule has 0 bridgehead atoms. The van der Waals surface area contributed by atoms with Gasteiger partial charge in [0.15, 0.2) is 5.76 Å². The Morgan fingerprint density at radius 3 is 2.72 bits per heavy atom. The summed E-state index contributed by atoms with van der Waals surface area (Å²) in [4.78, 5) is 15.0. The second-order valence-electron chi connectivity index (χ2n) is 7.66. The van der Waals surface area contributed by atoms with Crippen molar-refractivity contribution in [1.82, 2.24) is 15.5 Å². The molecule has 2 aromatic heterocycles. The highest BCUT2D eigenvalue weighted by Gasteiger charge is 2.17. The number of benzene rings is 1. The van der Waals surface area contributed by atoms with Crippen molar-refractivity contribution in [2.45, 2.75) is 45.9 Å². The van der Waals surface area contributed by atoms with Crippen molar-refractivity contribution in [3.63, 3.8) is 0 Å². The maximum atomic E-state index is 10.5. The minimum Gasteiger partial charge on any atom is -0.481 e. The molecule has 0 aliphatic rings. The van der Waals surface area contributed by atoms with Gasteiger partial charge in [-0.1, -0.05) is 49.7 Å². The Kier molecular flexibility index (Phi) is 10.3. The van der Waals surface area contributed by atoms with Crippen molar-refractivity contribution in [1.29, 1.82) is 0 Å². The van der Waals surface area contributed by atoms with Crippen LogP contribution in [0.2, 0.25) is 0 Å². The average molecular weight is 480 g/mol. The van der Waals surface area contributed by atoms with Crippen molar-refractivity contribution in [2.75, 3.05) is 12.3 Å². The lowest BCUT2D eigenvalue weighted by atomic mass is 10.1. The number of aromatic nitrogens is 2. The first-order chi connectivity index (χ1) is 15.0. The van der Waals surface area contributed by atoms with Crippen LogP contribution in [0.3, 0.4) is 0 Å². The highest BCUT2D eigenvalue weighted by molar-refractivity contribution is 7.98. The van der Waals surface area contributed by atoms with Gasteiger partial charge >= 0.3 is 5.97 Å². The number of halogens is 1. The Hall–Kier alpha value is -2.29. The van der Waals surface area contributed by atoms with Gasteiger partial charge in [0.2, 0.25) is 5.82 Å². The van der Waals surface area contributed by atoms with E-state index in [1.165, 1.54) is 6.42 Å². The predicted molar refractivity (Wildman–Crippen MR) is 129 cm³/mol. The molecule has 0 saturated carbocycles. The molecule has 9 heteroatoms. The first-order valence-corrected chi connectivity index (χ1v) is 11.6. The van der Waals surface area contributed by atoms with Crippen LogP contribution in [0.4, 0.5) is 0 Å². The lowest BCUT2D eigenvalue weighted by molar-refractivity contribution is -0.136. The summed E-state index contributed by atoms with van der Waals surface area (Å²) in [7, 11) is 0. The third kappa shape index (κ3) is 7.39. The Labute approximate surface area is 198 Å². The van der Waals surface area contributed by atoms with Crippen molar-refractivity contribution in [2.24, 2.45) is 5.92 Å². The van der Waals surface area contributed by atoms with Crippen LogP contribution in [0, 0.1) is 12.8 Å². The van der Waals surface area contributed by atoms with Crippen molar-refractivity contribution >= 4 is 30.1 Å². The smallest absolute Gasteiger partial charge is 0.304 e. The average Bonchev–Trinajstić information content (AvgIpc) is 3.38. The van der Waals surface area contributed by atoms with Gasteiger partial charge in [-0.3, -0.25) is 4.79 Å². The number of aryl methyl sites for hydroxylation is 1. The fourth-order valence-electron chi connectivity index (χ4n) is 2.90. The van der Waals surface area contributed by atoms with Crippen molar-refractivity contribution in [3.05, 3.63) is 47.2 Å². The first-order valence-electron chi connectivity index (χ1n) is 10.5. The number of aliphatic carboxylic acids is 1. The molecule has 0 radical (unpaired) electrons. The summed E-state index contributed by atoms with van der Waals surface area (Å²) in [5.41, 5.74) is 3.05. The van der Waals surface area contributed by atoms with Crippen LogP contribution in [-0.4, -0.2) is 33.5 Å². The van der Waals surface area contributed by atoms with Crippen LogP contribution in [0.25, 0.3) is 23.0 Å². The van der Waals surface area contributed by atoms with Crippen LogP contribution in [0.15, 0.2) is 39.3 Å². The van der Waals surface area contributed by atoms with E-state index in [0.29, 0.717) is 36.5 Å². The normalized spacial score (nSPS) is 11.8. The van der Waals surface area contributed by atoms with E-state index in [9.17, 15) is 4.79 Å². The van der Waals surface area contributed by atoms with Crippen LogP contribution >= 0.6 is 24.2 Å². The quantitative estimate of drug-likeness (QED) is 0.325. The molecular weight excluding hydrogens is 450 g/mol. The molecule has 32 heavy (non-hydrogen) atoms. The fourth-order valence-corrected chi connectivity index (χ4v) is 4.16. The predicted octanol–water partition coefficient (Wildman–Crippen LogP) is 5.57. The molecule has 0 fully saturated rings. The Bertz CT molecular complexity index is 988. The van der Waals surface area contributed by atoms with E-state index < -0.39 is 5.97 Å². The molecule has 0 amide bonds. The van der Waals surface area contributed by atoms with E-state index in [-0.39, 0.29) is 18.8 Å². The van der Waals surface area contributed by atoms with Crippen LogP contribution in [0.5, 0.6) is 0 Å². The van der Waals surface area contributed by atoms with Crippen molar-refractivity contribution < 1.29 is 18.8 Å². The lowest BCUT2D eigenvalue weighted by Gasteiger charge is -2.06. The van der Waals surface area contributed by atoms with E-state index in [0.717, 1.165) is 34.0 Å². The highest BCUT2D eigenvalue weighted by atomic mass is 35.5. The van der Waals surface area contributed by atoms with Crippen molar-refractivity contribution in [3.8, 4) is 23.0 Å². The third-order valence-electron chi connectivity index (χ3n) is 5.07. The van der Waals surface area contributed by atoms with Gasteiger partial charge in [-0.05, 0) is 30.2 Å². The second-order valence-corrected chi connectivity index (χ2v) is 8.69. The van der Waals surface area contributed by atoms with Gasteiger partial charge in [-0.25, -0.2) is 0 Å². The standard InChI is InChI=1S/C23H29N3O4S.ClH/c1-4-15(2)13-31-14-19-11-20(29-16(19)3)23-25-22(26-30-23)18-7-5-17(6-8-18)12-24-10-9-21(27)28;/h5-8,11,15,24H,4,9-10,12-14H2,1-3H3,(H,27,28);1H. The summed E-state index contributed by atoms with van der Waals surface area (Å²) in [5.74, 6) is 4.29. The maximum Gasteiger partial charge on any atom is 0.304 e. The highest BCUT2D eigenvalue weighted by Crippen LogP contribution is 2.29. The Morgan fingerprint density at radius 2 is 2.03 bits per heavy atom. The molecule has 174 valence electrons. The summed E-state index contributed by atoms with van der Waals surface area (Å²) in [6.45, 7) is 7.49. The van der Waals surface area contributed by atoms with E-state index in [1.54, 1.807) is 0 Å². The molecule has 2 N–H and O–H groups in total. The summed E-state index contributed by atoms with van der Waals surface area (Å²) in [6.07, 6.45) is 1.30. The van der Waals surface area contributed by atoms with Gasteiger partial charge < -0.3 is 19.4 Å². The molecular formula is C23H30ClN3O4S. The minimum absolute atomic E-state index is 0. The number of hydrogen-bond acceptors (Lipinski definition) is 7. The molecule has 0 saturated heterocycles. The summed E-state index contributed by atoms with van der Waals surface area (Å²) >= 11 is 1.91. The van der Waals surface area contributed by atoms with E-state index in [4.69, 9.17) is 14.0 Å². The van der Waals surface area contributed by atoms with Gasteiger partial charge in [-0.2, -0.15) is 16.7 Å². The SMILES string of the molecule is CCC(C)CSCc1cc(-c2nc(-c3ccc(CNCCC(=O)O)cc3)no2)oc1C.Cl. The van der Waals surface area contributed by atoms with Crippen LogP contribution in [-0.2, 0) is 17.1 Å². The van der Waals surface area contributed by atoms with E-state index in [2.05, 4.69) is 29.3 Å². The number of thioether (sulfide) groups is 1. The summed E-state index contributed by atoms with van der Waals surface area (Å²) in [6, 6.07) is 9.76. The minimum atomic E-state index is -0.806. The number of furan rings is 1. The molecule has 0 aliphatic heterocycles. The number of carboxylic acids is 1. The van der Waals surface area contributed by atoms with Crippen LogP contribution in [0.1, 0.15) is 43.6 Å². The largest absolute Gasteiger partial charge is 0.481 e. The number of nitrogens with zero attached hydrogens (tertiary/aromatic N) is 2. The van der Waals surface area contributed by atoms with Crippen LogP contribution < -0.4 is 5.32 Å². The Balaban J connectivity index is 0.00000363. The number of hydrogen-bond donors (Lipinski definition) is 2. The summed E-state index contributed by atoms with van der Waals surface area (Å²) < 4.78 is 11.3. The van der Waals surface area contributed by atoms with Gasteiger partial charge in [0.1, 0.15) is 5.76 Å². The molecule has 3 rings (SSSR count). The molecule has 2 heterocycles. The monoisotopic (exact) mass is 479 g/mol. The number of nitrogens with one attached hydrogen (secondary N) is 1. The van der Waals surface area contributed by atoms with E-state index in [1.807, 2.05) is 49.0 Å². The number of carbonyl (C=O) groups is 1. The van der Waals surface area contributed by atoms with E-state index >= 15 is 0 Å². The third-order valence-corrected chi connectivity index (χ3v) is 6.39. The molecule has 1 atom stereocenters. The van der Waals surface area contributed by atoms with Gasteiger partial charge in [0.25, 0.3) is 5.89 Å². The topological polar surface area (TPSA) is 101 Å². The number of rotatable bonds is 12. The fraction of sp³-hybridized carbons (Fsp3) is 0.435. The molecule has 7 nitrogen and oxygen atoms in total. The second kappa shape index (κ2) is 12.7. The maximum absolute atomic E-state index is 10.5. The molecule has 1 aromatic carbocycles. The van der Waals surface area contributed by atoms with Gasteiger partial charge in [0, 0.05) is 30.0 Å². The molecule has 0 spiro atoms. The molecule has 0 aliphatic carbocycles. The number of carboxylic acid groups (broad SMARTS) is 1. The Morgan fingerprint density at radius 1 is 1.28 bits per heavy atom. The zero-order chi connectivity index (χ0) is 22.2. The summed E-state index contributed by atoms with van der Waals surface area (Å²) in [5, 5.41) is 15.9. The molecule has 1 unspecified atom stereocenters. The zero-order valence-electron chi connectivity index (χ0n) is 18.6. The first kappa shape index (κ1) is 26.0.